The number of carbonyl (C=O) groups excluding carboxylic acids is 2. The molecule has 7 nitrogen and oxygen atoms in total. The lowest BCUT2D eigenvalue weighted by Gasteiger charge is -2.32. The largest absolute Gasteiger partial charge is 0.375 e. The Bertz CT molecular complexity index is 704. The molecule has 2 aliphatic rings. The highest BCUT2D eigenvalue weighted by Gasteiger charge is 2.35. The number of aryl methyl sites for hydroxylation is 1. The molecule has 1 saturated heterocycles. The molecule has 1 fully saturated rings. The summed E-state index contributed by atoms with van der Waals surface area (Å²) in [5.41, 5.74) is 1.97. The normalized spacial score (nSPS) is 20.0. The first kappa shape index (κ1) is 18.8. The molecular formula is C19H28N4O3. The van der Waals surface area contributed by atoms with Crippen LogP contribution in [0, 0.1) is 12.8 Å². The van der Waals surface area contributed by atoms with Gasteiger partial charge >= 0.3 is 0 Å². The molecule has 142 valence electrons. The minimum Gasteiger partial charge on any atom is -0.375 e. The molecular weight excluding hydrogens is 332 g/mol. The smallest absolute Gasteiger partial charge is 0.249 e. The fraction of sp³-hybridized carbons (Fsp3) is 0.684. The van der Waals surface area contributed by atoms with Crippen LogP contribution in [-0.4, -0.2) is 53.5 Å². The number of ether oxygens (including phenoxy) is 1. The van der Waals surface area contributed by atoms with Gasteiger partial charge in [0.1, 0.15) is 12.4 Å². The van der Waals surface area contributed by atoms with Crippen LogP contribution in [0.15, 0.2) is 0 Å². The summed E-state index contributed by atoms with van der Waals surface area (Å²) < 4.78 is 5.00. The Labute approximate surface area is 154 Å². The Balaban J connectivity index is 1.97. The summed E-state index contributed by atoms with van der Waals surface area (Å²) >= 11 is 0. The molecule has 1 aromatic heterocycles. The molecule has 0 aliphatic carbocycles. The van der Waals surface area contributed by atoms with Crippen LogP contribution < -0.4 is 4.90 Å². The van der Waals surface area contributed by atoms with Crippen LogP contribution in [0.3, 0.4) is 0 Å². The molecule has 26 heavy (non-hydrogen) atoms. The Morgan fingerprint density at radius 2 is 2.08 bits per heavy atom. The minimum atomic E-state index is -0.139. The predicted octanol–water partition coefficient (Wildman–Crippen LogP) is 2.03. The van der Waals surface area contributed by atoms with Crippen LogP contribution in [0.2, 0.25) is 0 Å². The van der Waals surface area contributed by atoms with Gasteiger partial charge in [-0.1, -0.05) is 13.8 Å². The molecule has 2 aliphatic heterocycles. The second-order valence-electron chi connectivity index (χ2n) is 7.55. The summed E-state index contributed by atoms with van der Waals surface area (Å²) in [7, 11) is 1.53. The standard InChI is InChI=1S/C19H28N4O3/c1-12(2)10-23-16(24)8-7-14-13(3)20-18(21-19(14)23)15-6-5-9-22(15)17(25)11-26-4/h12,15H,5-11H2,1-4H3. The molecule has 0 aromatic carbocycles. The van der Waals surface area contributed by atoms with Gasteiger partial charge < -0.3 is 9.64 Å². The van der Waals surface area contributed by atoms with Crippen molar-refractivity contribution in [2.45, 2.75) is 52.5 Å². The van der Waals surface area contributed by atoms with Crippen LogP contribution in [0.5, 0.6) is 0 Å². The molecule has 0 radical (unpaired) electrons. The first-order valence-corrected chi connectivity index (χ1v) is 9.38. The third-order valence-electron chi connectivity index (χ3n) is 5.04. The highest BCUT2D eigenvalue weighted by Crippen LogP contribution is 2.34. The van der Waals surface area contributed by atoms with Gasteiger partial charge in [0.15, 0.2) is 5.82 Å². The van der Waals surface area contributed by atoms with Crippen LogP contribution in [0.1, 0.15) is 56.2 Å². The monoisotopic (exact) mass is 360 g/mol. The van der Waals surface area contributed by atoms with E-state index in [4.69, 9.17) is 14.7 Å². The number of fused-ring (bicyclic) bond motifs is 1. The van der Waals surface area contributed by atoms with E-state index in [2.05, 4.69) is 13.8 Å². The van der Waals surface area contributed by atoms with E-state index in [0.717, 1.165) is 29.9 Å². The van der Waals surface area contributed by atoms with Crippen molar-refractivity contribution in [3.05, 3.63) is 17.1 Å². The highest BCUT2D eigenvalue weighted by atomic mass is 16.5. The second-order valence-corrected chi connectivity index (χ2v) is 7.55. The summed E-state index contributed by atoms with van der Waals surface area (Å²) in [4.78, 5) is 37.9. The van der Waals surface area contributed by atoms with E-state index in [-0.39, 0.29) is 24.5 Å². The van der Waals surface area contributed by atoms with Crippen molar-refractivity contribution in [3.63, 3.8) is 0 Å². The number of nitrogens with zero attached hydrogens (tertiary/aromatic N) is 4. The average Bonchev–Trinajstić information content (AvgIpc) is 3.07. The number of carbonyl (C=O) groups is 2. The average molecular weight is 360 g/mol. The zero-order valence-corrected chi connectivity index (χ0v) is 16.1. The van der Waals surface area contributed by atoms with E-state index in [9.17, 15) is 9.59 Å². The van der Waals surface area contributed by atoms with Crippen LogP contribution in [-0.2, 0) is 20.7 Å². The Kier molecular flexibility index (Phi) is 5.55. The molecule has 1 atom stereocenters. The molecule has 0 bridgehead atoms. The number of amides is 2. The van der Waals surface area contributed by atoms with Gasteiger partial charge in [-0.15, -0.1) is 0 Å². The highest BCUT2D eigenvalue weighted by molar-refractivity contribution is 5.95. The lowest BCUT2D eigenvalue weighted by Crippen LogP contribution is -2.40. The van der Waals surface area contributed by atoms with E-state index >= 15 is 0 Å². The van der Waals surface area contributed by atoms with Crippen LogP contribution >= 0.6 is 0 Å². The zero-order chi connectivity index (χ0) is 18.8. The maximum atomic E-state index is 12.5. The zero-order valence-electron chi connectivity index (χ0n) is 16.1. The summed E-state index contributed by atoms with van der Waals surface area (Å²) in [5.74, 6) is 1.82. The molecule has 0 N–H and O–H groups in total. The van der Waals surface area contributed by atoms with Gasteiger partial charge in [0.25, 0.3) is 0 Å². The van der Waals surface area contributed by atoms with Crippen molar-refractivity contribution >= 4 is 17.6 Å². The Morgan fingerprint density at radius 3 is 2.77 bits per heavy atom. The summed E-state index contributed by atoms with van der Waals surface area (Å²) in [6.45, 7) is 7.58. The number of aromatic nitrogens is 2. The van der Waals surface area contributed by atoms with Crippen molar-refractivity contribution in [2.24, 2.45) is 5.92 Å². The first-order chi connectivity index (χ1) is 12.4. The van der Waals surface area contributed by atoms with E-state index < -0.39 is 0 Å². The quantitative estimate of drug-likeness (QED) is 0.803. The topological polar surface area (TPSA) is 75.6 Å². The van der Waals surface area contributed by atoms with Crippen molar-refractivity contribution in [1.29, 1.82) is 0 Å². The summed E-state index contributed by atoms with van der Waals surface area (Å²) in [6.07, 6.45) is 2.96. The summed E-state index contributed by atoms with van der Waals surface area (Å²) in [5, 5.41) is 0. The van der Waals surface area contributed by atoms with Gasteiger partial charge in [0.05, 0.1) is 6.04 Å². The first-order valence-electron chi connectivity index (χ1n) is 9.38. The fourth-order valence-electron chi connectivity index (χ4n) is 3.85. The Morgan fingerprint density at radius 1 is 1.31 bits per heavy atom. The van der Waals surface area contributed by atoms with Gasteiger partial charge in [0, 0.05) is 37.9 Å². The molecule has 0 saturated carbocycles. The lowest BCUT2D eigenvalue weighted by molar-refractivity contribution is -0.136. The van der Waals surface area contributed by atoms with Crippen molar-refractivity contribution in [2.75, 3.05) is 31.7 Å². The van der Waals surface area contributed by atoms with Crippen LogP contribution in [0.25, 0.3) is 0 Å². The molecule has 1 aromatic rings. The van der Waals surface area contributed by atoms with Crippen molar-refractivity contribution < 1.29 is 14.3 Å². The van der Waals surface area contributed by atoms with Crippen LogP contribution in [0.4, 0.5) is 5.82 Å². The minimum absolute atomic E-state index is 0.0379. The number of hydrogen-bond acceptors (Lipinski definition) is 5. The third-order valence-corrected chi connectivity index (χ3v) is 5.04. The van der Waals surface area contributed by atoms with Crippen molar-refractivity contribution in [1.82, 2.24) is 14.9 Å². The molecule has 3 rings (SSSR count). The van der Waals surface area contributed by atoms with Crippen molar-refractivity contribution in [3.8, 4) is 0 Å². The maximum Gasteiger partial charge on any atom is 0.249 e. The third kappa shape index (κ3) is 3.58. The summed E-state index contributed by atoms with van der Waals surface area (Å²) in [6, 6.07) is -0.139. The second kappa shape index (κ2) is 7.70. The number of anilines is 1. The molecule has 3 heterocycles. The molecule has 2 amide bonds. The van der Waals surface area contributed by atoms with E-state index in [1.807, 2.05) is 11.8 Å². The van der Waals surface area contributed by atoms with E-state index in [0.29, 0.717) is 37.7 Å². The molecule has 0 spiro atoms. The number of likely N-dealkylation sites (tertiary alicyclic amines) is 1. The van der Waals surface area contributed by atoms with Gasteiger partial charge in [-0.25, -0.2) is 9.97 Å². The van der Waals surface area contributed by atoms with E-state index in [1.165, 1.54) is 7.11 Å². The lowest BCUT2D eigenvalue weighted by atomic mass is 10.0. The number of methoxy groups -OCH3 is 1. The number of hydrogen-bond donors (Lipinski definition) is 0. The van der Waals surface area contributed by atoms with E-state index in [1.54, 1.807) is 4.90 Å². The van der Waals surface area contributed by atoms with Gasteiger partial charge in [-0.3, -0.25) is 14.5 Å². The van der Waals surface area contributed by atoms with Gasteiger partial charge in [-0.2, -0.15) is 0 Å². The Hall–Kier alpha value is -2.02. The molecule has 1 unspecified atom stereocenters. The predicted molar refractivity (Wildman–Crippen MR) is 97.8 cm³/mol. The SMILES string of the molecule is COCC(=O)N1CCCC1c1nc(C)c2c(n1)N(CC(C)C)C(=O)CC2. The molecule has 7 heteroatoms. The van der Waals surface area contributed by atoms with Gasteiger partial charge in [-0.05, 0) is 32.1 Å². The fourth-order valence-corrected chi connectivity index (χ4v) is 3.85. The van der Waals surface area contributed by atoms with Gasteiger partial charge in [0.2, 0.25) is 11.8 Å². The number of rotatable bonds is 5. The maximum absolute atomic E-state index is 12.5.